The summed E-state index contributed by atoms with van der Waals surface area (Å²) in [5.74, 6) is -3.71. The Bertz CT molecular complexity index is 1060. The van der Waals surface area contributed by atoms with Crippen molar-refractivity contribution in [2.45, 2.75) is 6.92 Å². The minimum Gasteiger partial charge on any atom is -0.545 e. The summed E-state index contributed by atoms with van der Waals surface area (Å²) in [4.78, 5) is 58.9. The smallest absolute Gasteiger partial charge is 0.270 e. The van der Waals surface area contributed by atoms with Crippen LogP contribution in [0.5, 0.6) is 0 Å². The molecule has 1 aliphatic heterocycles. The number of aromatic carboxylic acids is 1. The van der Waals surface area contributed by atoms with Gasteiger partial charge in [-0.25, -0.2) is 0 Å². The molecule has 10 heteroatoms. The third-order valence-electron chi connectivity index (χ3n) is 4.29. The van der Waals surface area contributed by atoms with Crippen LogP contribution in [0, 0.1) is 17.0 Å². The average molecular weight is 382 g/mol. The molecule has 0 aliphatic carbocycles. The second-order valence-corrected chi connectivity index (χ2v) is 6.00. The number of rotatable bonds is 5. The van der Waals surface area contributed by atoms with Gasteiger partial charge in [-0.1, -0.05) is 12.1 Å². The van der Waals surface area contributed by atoms with E-state index in [0.717, 1.165) is 12.1 Å². The molecule has 0 saturated heterocycles. The first-order chi connectivity index (χ1) is 13.2. The molecule has 2 aromatic rings. The van der Waals surface area contributed by atoms with Gasteiger partial charge in [-0.3, -0.25) is 29.4 Å². The van der Waals surface area contributed by atoms with E-state index in [0.29, 0.717) is 4.90 Å². The molecule has 0 saturated carbocycles. The van der Waals surface area contributed by atoms with E-state index in [1.54, 1.807) is 0 Å². The molecule has 1 N–H and O–H groups in total. The number of carbonyl (C=O) groups excluding carboxylic acids is 4. The summed E-state index contributed by atoms with van der Waals surface area (Å²) >= 11 is 0. The average Bonchev–Trinajstić information content (AvgIpc) is 2.87. The molecule has 3 amide bonds. The number of imide groups is 1. The Morgan fingerprint density at radius 3 is 2.43 bits per heavy atom. The molecule has 2 aromatic carbocycles. The van der Waals surface area contributed by atoms with Crippen molar-refractivity contribution in [3.8, 4) is 0 Å². The van der Waals surface area contributed by atoms with Crippen LogP contribution < -0.4 is 10.4 Å². The van der Waals surface area contributed by atoms with Crippen molar-refractivity contribution in [3.63, 3.8) is 0 Å². The Labute approximate surface area is 157 Å². The van der Waals surface area contributed by atoms with Crippen LogP contribution in [0.4, 0.5) is 11.4 Å². The van der Waals surface area contributed by atoms with Gasteiger partial charge in [0, 0.05) is 23.4 Å². The fourth-order valence-corrected chi connectivity index (χ4v) is 2.86. The topological polar surface area (TPSA) is 150 Å². The van der Waals surface area contributed by atoms with Crippen molar-refractivity contribution >= 4 is 35.1 Å². The zero-order valence-corrected chi connectivity index (χ0v) is 14.4. The second kappa shape index (κ2) is 6.91. The number of carbonyl (C=O) groups is 4. The minimum absolute atomic E-state index is 0.0291. The van der Waals surface area contributed by atoms with Crippen LogP contribution in [-0.4, -0.2) is 40.1 Å². The lowest BCUT2D eigenvalue weighted by Crippen LogP contribution is -2.37. The number of nitrogens with zero attached hydrogens (tertiary/aromatic N) is 2. The highest BCUT2D eigenvalue weighted by molar-refractivity contribution is 6.23. The third-order valence-corrected chi connectivity index (χ3v) is 4.29. The van der Waals surface area contributed by atoms with Crippen LogP contribution in [-0.2, 0) is 4.79 Å². The van der Waals surface area contributed by atoms with Gasteiger partial charge >= 0.3 is 0 Å². The van der Waals surface area contributed by atoms with E-state index in [9.17, 15) is 34.4 Å². The van der Waals surface area contributed by atoms with Gasteiger partial charge in [-0.05, 0) is 24.6 Å². The van der Waals surface area contributed by atoms with E-state index in [4.69, 9.17) is 0 Å². The number of carboxylic acid groups (broad SMARTS) is 1. The molecule has 0 atom stereocenters. The zero-order chi connectivity index (χ0) is 20.6. The fraction of sp³-hybridized carbons (Fsp3) is 0.111. The summed E-state index contributed by atoms with van der Waals surface area (Å²) < 4.78 is 0. The van der Waals surface area contributed by atoms with E-state index in [-0.39, 0.29) is 33.6 Å². The maximum absolute atomic E-state index is 12.4. The molecule has 10 nitrogen and oxygen atoms in total. The summed E-state index contributed by atoms with van der Waals surface area (Å²) in [6.45, 7) is 0.844. The highest BCUT2D eigenvalue weighted by Gasteiger charge is 2.37. The zero-order valence-electron chi connectivity index (χ0n) is 14.4. The van der Waals surface area contributed by atoms with Gasteiger partial charge in [-0.2, -0.15) is 0 Å². The lowest BCUT2D eigenvalue weighted by atomic mass is 10.1. The van der Waals surface area contributed by atoms with E-state index in [1.807, 2.05) is 0 Å². The van der Waals surface area contributed by atoms with Crippen molar-refractivity contribution in [2.75, 3.05) is 11.9 Å². The molecule has 0 fully saturated rings. The first-order valence-corrected chi connectivity index (χ1v) is 7.96. The number of nitrogens with one attached hydrogen (secondary N) is 1. The van der Waals surface area contributed by atoms with Crippen LogP contribution in [0.3, 0.4) is 0 Å². The number of hydrogen-bond donors (Lipinski definition) is 1. The Kier molecular flexibility index (Phi) is 4.62. The summed E-state index contributed by atoms with van der Waals surface area (Å²) in [5.41, 5.74) is -0.180. The van der Waals surface area contributed by atoms with E-state index in [1.165, 1.54) is 31.2 Å². The quantitative estimate of drug-likeness (QED) is 0.449. The molecule has 142 valence electrons. The highest BCUT2D eigenvalue weighted by atomic mass is 16.6. The van der Waals surface area contributed by atoms with Crippen LogP contribution in [0.1, 0.15) is 36.6 Å². The fourth-order valence-electron chi connectivity index (χ4n) is 2.86. The molecule has 0 radical (unpaired) electrons. The van der Waals surface area contributed by atoms with Crippen LogP contribution in [0.15, 0.2) is 36.4 Å². The number of benzene rings is 2. The monoisotopic (exact) mass is 382 g/mol. The number of nitro groups is 1. The Balaban J connectivity index is 1.79. The number of hydrogen-bond acceptors (Lipinski definition) is 7. The molecule has 0 unspecified atom stereocenters. The van der Waals surface area contributed by atoms with Crippen molar-refractivity contribution in [3.05, 3.63) is 68.8 Å². The largest absolute Gasteiger partial charge is 0.545 e. The summed E-state index contributed by atoms with van der Waals surface area (Å²) in [6.07, 6.45) is 0. The molecule has 0 aromatic heterocycles. The van der Waals surface area contributed by atoms with Crippen LogP contribution >= 0.6 is 0 Å². The normalized spacial score (nSPS) is 12.7. The standard InChI is InChI=1S/C18H13N3O7/c1-9-11(18(25)26)3-2-4-14(9)19-15(22)8-20-16(23)12-6-5-10(21(27)28)7-13(12)17(20)24/h2-7H,8H2,1H3,(H,19,22)(H,25,26)/p-1. The summed E-state index contributed by atoms with van der Waals surface area (Å²) in [5, 5.41) is 24.3. The minimum atomic E-state index is -1.41. The predicted octanol–water partition coefficient (Wildman–Crippen LogP) is 0.501. The molecule has 0 bridgehead atoms. The van der Waals surface area contributed by atoms with Gasteiger partial charge in [0.1, 0.15) is 6.54 Å². The molecular weight excluding hydrogens is 370 g/mol. The van der Waals surface area contributed by atoms with Crippen LogP contribution in [0.2, 0.25) is 0 Å². The number of anilines is 1. The number of fused-ring (bicyclic) bond motifs is 1. The van der Waals surface area contributed by atoms with Gasteiger partial charge in [0.25, 0.3) is 17.5 Å². The highest BCUT2D eigenvalue weighted by Crippen LogP contribution is 2.27. The van der Waals surface area contributed by atoms with Crippen molar-refractivity contribution in [1.29, 1.82) is 0 Å². The lowest BCUT2D eigenvalue weighted by Gasteiger charge is -2.16. The Morgan fingerprint density at radius 1 is 1.11 bits per heavy atom. The van der Waals surface area contributed by atoms with Crippen molar-refractivity contribution in [1.82, 2.24) is 4.90 Å². The van der Waals surface area contributed by atoms with E-state index in [2.05, 4.69) is 5.32 Å². The summed E-state index contributed by atoms with van der Waals surface area (Å²) in [7, 11) is 0. The molecule has 3 rings (SSSR count). The molecule has 1 aliphatic rings. The van der Waals surface area contributed by atoms with Crippen molar-refractivity contribution in [2.24, 2.45) is 0 Å². The van der Waals surface area contributed by atoms with E-state index < -0.39 is 35.2 Å². The SMILES string of the molecule is Cc1c(NC(=O)CN2C(=O)c3ccc([N+](=O)[O-])cc3C2=O)cccc1C(=O)[O-]. The van der Waals surface area contributed by atoms with Crippen LogP contribution in [0.25, 0.3) is 0 Å². The predicted molar refractivity (Wildman–Crippen MR) is 92.6 cm³/mol. The van der Waals surface area contributed by atoms with Gasteiger partial charge in [0.05, 0.1) is 22.0 Å². The van der Waals surface area contributed by atoms with Crippen molar-refractivity contribution < 1.29 is 29.2 Å². The van der Waals surface area contributed by atoms with Gasteiger partial charge in [0.2, 0.25) is 5.91 Å². The summed E-state index contributed by atoms with van der Waals surface area (Å²) in [6, 6.07) is 7.44. The van der Waals surface area contributed by atoms with Gasteiger partial charge < -0.3 is 15.2 Å². The third kappa shape index (κ3) is 3.18. The van der Waals surface area contributed by atoms with Gasteiger partial charge in [0.15, 0.2) is 0 Å². The molecular formula is C18H12N3O7-. The first kappa shape index (κ1) is 18.7. The maximum atomic E-state index is 12.4. The Morgan fingerprint density at radius 2 is 1.79 bits per heavy atom. The number of carboxylic acids is 1. The lowest BCUT2D eigenvalue weighted by molar-refractivity contribution is -0.384. The number of nitro benzene ring substituents is 1. The Hall–Kier alpha value is -4.08. The molecule has 0 spiro atoms. The molecule has 28 heavy (non-hydrogen) atoms. The van der Waals surface area contributed by atoms with Gasteiger partial charge in [-0.15, -0.1) is 0 Å². The molecule has 1 heterocycles. The number of non-ortho nitro benzene ring substituents is 1. The maximum Gasteiger partial charge on any atom is 0.270 e. The van der Waals surface area contributed by atoms with E-state index >= 15 is 0 Å². The second-order valence-electron chi connectivity index (χ2n) is 6.00. The number of amides is 3. The first-order valence-electron chi connectivity index (χ1n) is 7.96.